The maximum absolute atomic E-state index is 12.3. The number of nitrogens with zero attached hydrogens (tertiary/aromatic N) is 8. The molecule has 77 heavy (non-hydrogen) atoms. The molecule has 4 fully saturated rings. The lowest BCUT2D eigenvalue weighted by Gasteiger charge is -2.31. The van der Waals surface area contributed by atoms with Gasteiger partial charge in [0.25, 0.3) is 10.1 Å². The molecule has 0 aromatic carbocycles. The average molecular weight is 1300 g/mol. The highest BCUT2D eigenvalue weighted by molar-refractivity contribution is 9.18. The molecule has 10 heterocycles. The van der Waals surface area contributed by atoms with Crippen molar-refractivity contribution in [1.82, 2.24) is 34.3 Å². The topological polar surface area (TPSA) is 228 Å². The number of hydrogen-bond acceptors (Lipinski definition) is 16. The molecule has 0 bridgehead atoms. The smallest absolute Gasteiger partial charge is 0.410 e. The van der Waals surface area contributed by atoms with Crippen molar-refractivity contribution in [2.75, 3.05) is 91.8 Å². The molecule has 0 atom stereocenters. The van der Waals surface area contributed by atoms with Gasteiger partial charge in [-0.25, -0.2) is 9.59 Å². The van der Waals surface area contributed by atoms with Gasteiger partial charge in [-0.2, -0.15) is 18.6 Å². The van der Waals surface area contributed by atoms with Gasteiger partial charge in [-0.15, -0.1) is 0 Å². The summed E-state index contributed by atoms with van der Waals surface area (Å²) < 4.78 is 64.7. The first-order chi connectivity index (χ1) is 36.4. The van der Waals surface area contributed by atoms with Gasteiger partial charge in [-0.1, -0.05) is 0 Å². The van der Waals surface area contributed by atoms with Gasteiger partial charge in [0.15, 0.2) is 0 Å². The van der Waals surface area contributed by atoms with E-state index in [4.69, 9.17) is 37.7 Å². The van der Waals surface area contributed by atoms with Crippen LogP contribution < -0.4 is 0 Å². The van der Waals surface area contributed by atoms with Crippen LogP contribution in [0.1, 0.15) is 141 Å². The summed E-state index contributed by atoms with van der Waals surface area (Å²) in [5, 5.41) is 18.2. The molecule has 1 N–H and O–H groups in total. The average Bonchev–Trinajstić information content (AvgIpc) is 4.07. The highest BCUT2D eigenvalue weighted by Gasteiger charge is 2.34. The Morgan fingerprint density at radius 2 is 1.01 bits per heavy atom. The molecule has 0 radical (unpaired) electrons. The predicted molar refractivity (Wildman–Crippen MR) is 300 cm³/mol. The van der Waals surface area contributed by atoms with Crippen LogP contribution in [0.2, 0.25) is 0 Å². The van der Waals surface area contributed by atoms with E-state index >= 15 is 0 Å². The summed E-state index contributed by atoms with van der Waals surface area (Å²) in [6.45, 7) is 23.6. The summed E-state index contributed by atoms with van der Waals surface area (Å²) in [5.74, 6) is 0.136. The molecule has 8 aliphatic heterocycles. The van der Waals surface area contributed by atoms with E-state index in [0.29, 0.717) is 64.3 Å². The minimum absolute atomic E-state index is 0.0891. The van der Waals surface area contributed by atoms with Gasteiger partial charge in [0.2, 0.25) is 5.91 Å². The molecular weight excluding hydrogens is 1220 g/mol. The summed E-state index contributed by atoms with van der Waals surface area (Å²) in [7, 11) is -3.28. The number of carbonyl (C=O) groups excluding carboxylic acids is 3. The fourth-order valence-electron chi connectivity index (χ4n) is 9.66. The Morgan fingerprint density at radius 3 is 1.43 bits per heavy atom. The van der Waals surface area contributed by atoms with E-state index in [9.17, 15) is 22.8 Å². The molecule has 4 saturated heterocycles. The number of ether oxygens (including phenoxy) is 6. The van der Waals surface area contributed by atoms with Crippen LogP contribution in [-0.2, 0) is 73.4 Å². The third-order valence-electron chi connectivity index (χ3n) is 13.7. The van der Waals surface area contributed by atoms with Crippen molar-refractivity contribution >= 4 is 80.6 Å². The zero-order chi connectivity index (χ0) is 56.1. The number of halogens is 3. The SMILES string of the molecule is CC(=O)N1CCc2c(c(Br)nn2C2CCOCC2)C1.CC(C)(C)OC(=O)N1CCC2=C(C1)C(Br)=NC2.CC(C)(C)OC(=O)N1CCc2c(c(Br)nn2C2CCOCC2)C1.CS(=O)(=O)OC1CCOCC1.OC1CCOCC1. The van der Waals surface area contributed by atoms with E-state index in [1.54, 1.807) is 16.7 Å². The standard InChI is InChI=1S/C16H24BrN3O3.C13H18BrN3O2.C12H17BrN2O2.C6H12O4S.C5H10O2/c1-16(2,3)23-15(21)19-7-4-13-12(10-19)14(17)18-20(13)11-5-8-22-9-6-11;1-9(18)16-5-2-12-11(8-16)13(14)15-17(12)10-3-6-19-7-4-10;1-12(2,3)17-11(16)15-5-4-8-6-14-10(13)9(8)7-15;1-11(7,8)10-6-2-4-9-5-3-6;6-5-1-3-7-4-2-5/h11H,4-10H2,1-3H3;10H,2-8H2,1H3;4-7H2,1-3H3;6H,2-5H2,1H3;5-6H,1-4H2. The van der Waals surface area contributed by atoms with Crippen molar-refractivity contribution in [2.24, 2.45) is 4.99 Å². The molecule has 25 heteroatoms. The van der Waals surface area contributed by atoms with Crippen LogP contribution in [0.5, 0.6) is 0 Å². The number of aliphatic imine (C=N–C) groups is 1. The van der Waals surface area contributed by atoms with Crippen LogP contribution in [0.4, 0.5) is 9.59 Å². The number of fused-ring (bicyclic) bond motifs is 2. The summed E-state index contributed by atoms with van der Waals surface area (Å²) in [4.78, 5) is 45.4. The Bertz CT molecular complexity index is 2470. The molecular formula is C52H81Br3N8O13S. The minimum atomic E-state index is -3.28. The van der Waals surface area contributed by atoms with Crippen molar-refractivity contribution in [3.05, 3.63) is 42.9 Å². The Hall–Kier alpha value is -3.01. The highest BCUT2D eigenvalue weighted by atomic mass is 79.9. The molecule has 434 valence electrons. The van der Waals surface area contributed by atoms with E-state index in [0.717, 1.165) is 148 Å². The summed E-state index contributed by atoms with van der Waals surface area (Å²) >= 11 is 10.5. The first-order valence-corrected chi connectivity index (χ1v) is 31.1. The van der Waals surface area contributed by atoms with Gasteiger partial charge < -0.3 is 48.2 Å². The molecule has 10 rings (SSSR count). The normalized spacial score (nSPS) is 20.8. The second kappa shape index (κ2) is 29.1. The van der Waals surface area contributed by atoms with Gasteiger partial charge >= 0.3 is 12.2 Å². The Morgan fingerprint density at radius 1 is 0.610 bits per heavy atom. The van der Waals surface area contributed by atoms with Crippen molar-refractivity contribution in [1.29, 1.82) is 0 Å². The third-order valence-corrected chi connectivity index (χ3v) is 16.3. The van der Waals surface area contributed by atoms with Gasteiger partial charge in [-0.3, -0.25) is 23.3 Å². The molecule has 21 nitrogen and oxygen atoms in total. The zero-order valence-corrected chi connectivity index (χ0v) is 51.7. The minimum Gasteiger partial charge on any atom is -0.444 e. The molecule has 8 aliphatic rings. The van der Waals surface area contributed by atoms with Crippen LogP contribution in [0.15, 0.2) is 25.3 Å². The predicted octanol–water partition coefficient (Wildman–Crippen LogP) is 8.22. The van der Waals surface area contributed by atoms with Crippen LogP contribution >= 0.6 is 47.8 Å². The number of aliphatic hydroxyl groups excluding tert-OH is 1. The van der Waals surface area contributed by atoms with Crippen LogP contribution in [0.3, 0.4) is 0 Å². The van der Waals surface area contributed by atoms with Gasteiger partial charge in [0, 0.05) is 120 Å². The summed E-state index contributed by atoms with van der Waals surface area (Å²) in [5.41, 5.74) is 6.40. The first kappa shape index (κ1) is 63.2. The monoisotopic (exact) mass is 1290 g/mol. The number of hydrogen-bond donors (Lipinski definition) is 1. The molecule has 0 unspecified atom stereocenters. The molecule has 2 aromatic heterocycles. The largest absolute Gasteiger partial charge is 0.444 e. The van der Waals surface area contributed by atoms with Crippen molar-refractivity contribution < 1.29 is 60.5 Å². The van der Waals surface area contributed by atoms with Crippen LogP contribution in [-0.4, -0.2) is 186 Å². The molecule has 3 amide bonds. The van der Waals surface area contributed by atoms with E-state index in [1.165, 1.54) is 22.5 Å². The maximum atomic E-state index is 12.3. The molecule has 0 saturated carbocycles. The Labute approximate surface area is 479 Å². The van der Waals surface area contributed by atoms with Crippen LogP contribution in [0, 0.1) is 0 Å². The highest BCUT2D eigenvalue weighted by Crippen LogP contribution is 2.34. The summed E-state index contributed by atoms with van der Waals surface area (Å²) in [6.07, 6.45) is 9.95. The van der Waals surface area contributed by atoms with Crippen LogP contribution in [0.25, 0.3) is 0 Å². The number of carbonyl (C=O) groups is 3. The number of amides is 3. The Balaban J connectivity index is 0.000000163. The van der Waals surface area contributed by atoms with E-state index in [2.05, 4.69) is 72.3 Å². The number of aliphatic hydroxyl groups is 1. The lowest BCUT2D eigenvalue weighted by Crippen LogP contribution is -2.41. The Kier molecular flexibility index (Phi) is 23.9. The zero-order valence-electron chi connectivity index (χ0n) is 46.2. The van der Waals surface area contributed by atoms with Gasteiger partial charge in [0.05, 0.1) is 56.7 Å². The van der Waals surface area contributed by atoms with Gasteiger partial charge in [-0.05, 0) is 153 Å². The molecule has 0 aliphatic carbocycles. The first-order valence-electron chi connectivity index (χ1n) is 26.9. The maximum Gasteiger partial charge on any atom is 0.410 e. The molecule has 0 spiro atoms. The third kappa shape index (κ3) is 19.9. The quantitative estimate of drug-likeness (QED) is 0.285. The van der Waals surface area contributed by atoms with Crippen molar-refractivity contribution in [3.8, 4) is 0 Å². The summed E-state index contributed by atoms with van der Waals surface area (Å²) in [6, 6.07) is 0.842. The second-order valence-electron chi connectivity index (χ2n) is 22.1. The lowest BCUT2D eigenvalue weighted by atomic mass is 10.0. The van der Waals surface area contributed by atoms with Crippen molar-refractivity contribution in [3.63, 3.8) is 0 Å². The second-order valence-corrected chi connectivity index (χ2v) is 26.0. The lowest BCUT2D eigenvalue weighted by molar-refractivity contribution is -0.129. The van der Waals surface area contributed by atoms with E-state index in [-0.39, 0.29) is 30.3 Å². The number of rotatable bonds is 4. The fourth-order valence-corrected chi connectivity index (χ4v) is 11.9. The fraction of sp³-hybridized carbons (Fsp3) is 0.769. The van der Waals surface area contributed by atoms with E-state index in [1.807, 2.05) is 46.4 Å². The molecule has 2 aromatic rings. The number of aromatic nitrogens is 4. The van der Waals surface area contributed by atoms with Crippen molar-refractivity contribution in [2.45, 2.75) is 168 Å². The van der Waals surface area contributed by atoms with Gasteiger partial charge in [0.1, 0.15) is 25.0 Å². The van der Waals surface area contributed by atoms with E-state index < -0.39 is 21.3 Å².